The third kappa shape index (κ3) is 3.19. The van der Waals surface area contributed by atoms with Crippen molar-refractivity contribution in [1.29, 1.82) is 0 Å². The molecule has 0 bridgehead atoms. The topological polar surface area (TPSA) is 17.1 Å². The summed E-state index contributed by atoms with van der Waals surface area (Å²) in [4.78, 5) is 11.9. The van der Waals surface area contributed by atoms with Crippen molar-refractivity contribution >= 4 is 5.78 Å². The number of ketones is 1. The van der Waals surface area contributed by atoms with E-state index in [1.54, 1.807) is 0 Å². The summed E-state index contributed by atoms with van der Waals surface area (Å²) in [7, 11) is 0. The van der Waals surface area contributed by atoms with Gasteiger partial charge in [-0.25, -0.2) is 0 Å². The summed E-state index contributed by atoms with van der Waals surface area (Å²) < 4.78 is 0. The Hall–Kier alpha value is -1.11. The van der Waals surface area contributed by atoms with Crippen LogP contribution < -0.4 is 0 Å². The van der Waals surface area contributed by atoms with Gasteiger partial charge in [0.15, 0.2) is 5.78 Å². The van der Waals surface area contributed by atoms with Gasteiger partial charge in [0.1, 0.15) is 0 Å². The van der Waals surface area contributed by atoms with Crippen LogP contribution in [0.5, 0.6) is 0 Å². The van der Waals surface area contributed by atoms with Crippen molar-refractivity contribution in [2.24, 2.45) is 5.92 Å². The lowest BCUT2D eigenvalue weighted by Crippen LogP contribution is -2.05. The van der Waals surface area contributed by atoms with Crippen LogP contribution in [0.15, 0.2) is 18.2 Å². The van der Waals surface area contributed by atoms with E-state index in [9.17, 15) is 4.79 Å². The Morgan fingerprint density at radius 2 is 1.75 bits per heavy atom. The van der Waals surface area contributed by atoms with Crippen molar-refractivity contribution in [1.82, 2.24) is 0 Å². The van der Waals surface area contributed by atoms with E-state index >= 15 is 0 Å². The third-order valence-corrected chi connectivity index (χ3v) is 2.88. The lowest BCUT2D eigenvalue weighted by atomic mass is 9.95. The van der Waals surface area contributed by atoms with Crippen molar-refractivity contribution in [2.45, 2.75) is 47.0 Å². The van der Waals surface area contributed by atoms with E-state index in [1.807, 2.05) is 6.07 Å². The van der Waals surface area contributed by atoms with Crippen LogP contribution in [-0.4, -0.2) is 5.78 Å². The largest absolute Gasteiger partial charge is 0.294 e. The van der Waals surface area contributed by atoms with Gasteiger partial charge in [0.05, 0.1) is 0 Å². The van der Waals surface area contributed by atoms with E-state index in [2.05, 4.69) is 39.8 Å². The number of aryl methyl sites for hydroxylation is 2. The molecule has 1 nitrogen and oxygen atoms in total. The van der Waals surface area contributed by atoms with Crippen molar-refractivity contribution in [3.63, 3.8) is 0 Å². The van der Waals surface area contributed by atoms with Crippen LogP contribution in [0.3, 0.4) is 0 Å². The van der Waals surface area contributed by atoms with Gasteiger partial charge in [-0.15, -0.1) is 0 Å². The molecule has 0 aliphatic heterocycles. The van der Waals surface area contributed by atoms with Crippen molar-refractivity contribution in [2.75, 3.05) is 0 Å². The Bertz CT molecular complexity index is 364. The van der Waals surface area contributed by atoms with Crippen LogP contribution in [0.1, 0.15) is 55.6 Å². The molecule has 1 aromatic carbocycles. The maximum atomic E-state index is 11.9. The highest BCUT2D eigenvalue weighted by Crippen LogP contribution is 2.16. The highest BCUT2D eigenvalue weighted by molar-refractivity contribution is 5.96. The van der Waals surface area contributed by atoms with Crippen LogP contribution in [0.4, 0.5) is 0 Å². The van der Waals surface area contributed by atoms with Crippen LogP contribution in [0, 0.1) is 5.92 Å². The molecule has 0 radical (unpaired) electrons. The molecule has 0 saturated carbocycles. The molecule has 1 heteroatoms. The van der Waals surface area contributed by atoms with E-state index in [0.717, 1.165) is 18.4 Å². The Morgan fingerprint density at radius 3 is 2.25 bits per heavy atom. The van der Waals surface area contributed by atoms with Crippen LogP contribution in [-0.2, 0) is 12.8 Å². The summed E-state index contributed by atoms with van der Waals surface area (Å²) in [6.07, 6.45) is 2.70. The van der Waals surface area contributed by atoms with Gasteiger partial charge >= 0.3 is 0 Å². The SMILES string of the molecule is CCc1ccc(C(=O)CC(C)C)cc1CC. The van der Waals surface area contributed by atoms with Gasteiger partial charge in [-0.3, -0.25) is 4.79 Å². The summed E-state index contributed by atoms with van der Waals surface area (Å²) in [5.41, 5.74) is 3.56. The standard InChI is InChI=1S/C15H22O/c1-5-12-7-8-14(10-13(12)6-2)15(16)9-11(3)4/h7-8,10-11H,5-6,9H2,1-4H3. The molecular weight excluding hydrogens is 196 g/mol. The number of hydrogen-bond donors (Lipinski definition) is 0. The first kappa shape index (κ1) is 13.0. The highest BCUT2D eigenvalue weighted by Gasteiger charge is 2.09. The molecule has 16 heavy (non-hydrogen) atoms. The average Bonchev–Trinajstić information content (AvgIpc) is 2.27. The molecule has 0 fully saturated rings. The number of carbonyl (C=O) groups excluding carboxylic acids is 1. The van der Waals surface area contributed by atoms with Crippen molar-refractivity contribution in [3.8, 4) is 0 Å². The number of hydrogen-bond acceptors (Lipinski definition) is 1. The number of Topliss-reactive ketones (excluding diaryl/α,β-unsaturated/α-hetero) is 1. The van der Waals surface area contributed by atoms with Gasteiger partial charge < -0.3 is 0 Å². The lowest BCUT2D eigenvalue weighted by molar-refractivity contribution is 0.0968. The van der Waals surface area contributed by atoms with Crippen LogP contribution >= 0.6 is 0 Å². The van der Waals surface area contributed by atoms with Gasteiger partial charge in [0.2, 0.25) is 0 Å². The fraction of sp³-hybridized carbons (Fsp3) is 0.533. The first-order valence-corrected chi connectivity index (χ1v) is 6.23. The molecule has 0 aliphatic carbocycles. The molecule has 1 aromatic rings. The predicted molar refractivity (Wildman–Crippen MR) is 69.0 cm³/mol. The minimum atomic E-state index is 0.271. The summed E-state index contributed by atoms with van der Waals surface area (Å²) in [6.45, 7) is 8.47. The Balaban J connectivity index is 2.94. The summed E-state index contributed by atoms with van der Waals surface area (Å²) in [5, 5.41) is 0. The molecule has 1 rings (SSSR count). The Labute approximate surface area is 98.9 Å². The molecule has 0 aliphatic rings. The van der Waals surface area contributed by atoms with Crippen LogP contribution in [0.25, 0.3) is 0 Å². The first-order chi connectivity index (χ1) is 7.58. The molecule has 0 N–H and O–H groups in total. The number of carbonyl (C=O) groups is 1. The van der Waals surface area contributed by atoms with Crippen molar-refractivity contribution < 1.29 is 4.79 Å². The molecular formula is C15H22O. The normalized spacial score (nSPS) is 10.8. The van der Waals surface area contributed by atoms with Gasteiger partial charge in [-0.05, 0) is 36.0 Å². The van der Waals surface area contributed by atoms with Crippen molar-refractivity contribution in [3.05, 3.63) is 34.9 Å². The second-order valence-corrected chi connectivity index (χ2v) is 4.71. The monoisotopic (exact) mass is 218 g/mol. The fourth-order valence-corrected chi connectivity index (χ4v) is 1.96. The third-order valence-electron chi connectivity index (χ3n) is 2.88. The molecule has 0 atom stereocenters. The Morgan fingerprint density at radius 1 is 1.12 bits per heavy atom. The molecule has 0 saturated heterocycles. The molecule has 88 valence electrons. The minimum Gasteiger partial charge on any atom is -0.294 e. The Kier molecular flexibility index (Phi) is 4.72. The first-order valence-electron chi connectivity index (χ1n) is 6.23. The zero-order valence-electron chi connectivity index (χ0n) is 10.8. The van der Waals surface area contributed by atoms with Gasteiger partial charge in [0.25, 0.3) is 0 Å². The fourth-order valence-electron chi connectivity index (χ4n) is 1.96. The maximum Gasteiger partial charge on any atom is 0.163 e. The number of benzene rings is 1. The smallest absolute Gasteiger partial charge is 0.163 e. The zero-order valence-corrected chi connectivity index (χ0v) is 10.8. The second kappa shape index (κ2) is 5.83. The summed E-state index contributed by atoms with van der Waals surface area (Å²) >= 11 is 0. The summed E-state index contributed by atoms with van der Waals surface area (Å²) in [6, 6.07) is 6.15. The number of rotatable bonds is 5. The van der Waals surface area contributed by atoms with Gasteiger partial charge in [-0.1, -0.05) is 39.8 Å². The average molecular weight is 218 g/mol. The minimum absolute atomic E-state index is 0.271. The molecule has 0 aromatic heterocycles. The van der Waals surface area contributed by atoms with E-state index in [1.165, 1.54) is 11.1 Å². The van der Waals surface area contributed by atoms with E-state index < -0.39 is 0 Å². The second-order valence-electron chi connectivity index (χ2n) is 4.71. The zero-order chi connectivity index (χ0) is 12.1. The quantitative estimate of drug-likeness (QED) is 0.682. The van der Waals surface area contributed by atoms with Gasteiger partial charge in [0, 0.05) is 12.0 Å². The van der Waals surface area contributed by atoms with E-state index in [0.29, 0.717) is 12.3 Å². The summed E-state index contributed by atoms with van der Waals surface area (Å²) in [5.74, 6) is 0.704. The lowest BCUT2D eigenvalue weighted by Gasteiger charge is -2.09. The molecule has 0 unspecified atom stereocenters. The molecule has 0 spiro atoms. The van der Waals surface area contributed by atoms with E-state index in [4.69, 9.17) is 0 Å². The molecule has 0 amide bonds. The molecule has 0 heterocycles. The predicted octanol–water partition coefficient (Wildman–Crippen LogP) is 4.04. The van der Waals surface area contributed by atoms with E-state index in [-0.39, 0.29) is 5.78 Å². The van der Waals surface area contributed by atoms with Crippen LogP contribution in [0.2, 0.25) is 0 Å². The maximum absolute atomic E-state index is 11.9. The van der Waals surface area contributed by atoms with Gasteiger partial charge in [-0.2, -0.15) is 0 Å². The highest BCUT2D eigenvalue weighted by atomic mass is 16.1.